The van der Waals surface area contributed by atoms with Gasteiger partial charge in [-0.2, -0.15) is 13.2 Å². The lowest BCUT2D eigenvalue weighted by Gasteiger charge is -2.18. The van der Waals surface area contributed by atoms with E-state index in [1.807, 2.05) is 0 Å². The molecule has 0 aromatic heterocycles. The number of alkyl halides is 3. The predicted molar refractivity (Wildman–Crippen MR) is 92.0 cm³/mol. The molecule has 0 saturated carbocycles. The monoisotopic (exact) mass is 382 g/mol. The summed E-state index contributed by atoms with van der Waals surface area (Å²) in [5, 5.41) is 2.66. The molecule has 0 radical (unpaired) electrons. The molecule has 4 nitrogen and oxygen atoms in total. The van der Waals surface area contributed by atoms with Crippen LogP contribution in [0.5, 0.6) is 0 Å². The predicted octanol–water partition coefficient (Wildman–Crippen LogP) is 4.35. The number of hydrogen-bond acceptors (Lipinski definition) is 2. The van der Waals surface area contributed by atoms with E-state index in [1.54, 1.807) is 24.3 Å². The van der Waals surface area contributed by atoms with Gasteiger partial charge in [-0.15, -0.1) is 0 Å². The highest BCUT2D eigenvalue weighted by Crippen LogP contribution is 2.35. The summed E-state index contributed by atoms with van der Waals surface area (Å²) in [7, 11) is 0. The first-order valence-corrected chi connectivity index (χ1v) is 8.17. The van der Waals surface area contributed by atoms with E-state index in [1.165, 1.54) is 23.1 Å². The van der Waals surface area contributed by atoms with Crippen LogP contribution in [0, 0.1) is 5.92 Å². The number of anilines is 2. The van der Waals surface area contributed by atoms with Crippen LogP contribution in [0.2, 0.25) is 5.02 Å². The molecule has 1 N–H and O–H groups in total. The molecular formula is C18H14ClF3N2O2. The van der Waals surface area contributed by atoms with Gasteiger partial charge in [0.1, 0.15) is 0 Å². The van der Waals surface area contributed by atoms with Crippen molar-refractivity contribution in [2.45, 2.75) is 12.6 Å². The molecule has 0 bridgehead atoms. The van der Waals surface area contributed by atoms with Crippen molar-refractivity contribution >= 4 is 34.8 Å². The van der Waals surface area contributed by atoms with Gasteiger partial charge in [-0.1, -0.05) is 35.9 Å². The molecule has 136 valence electrons. The molecule has 26 heavy (non-hydrogen) atoms. The third-order valence-electron chi connectivity index (χ3n) is 4.13. The molecule has 1 aliphatic rings. The zero-order valence-corrected chi connectivity index (χ0v) is 14.1. The van der Waals surface area contributed by atoms with E-state index >= 15 is 0 Å². The van der Waals surface area contributed by atoms with Crippen LogP contribution in [0.25, 0.3) is 0 Å². The van der Waals surface area contributed by atoms with Gasteiger partial charge in [-0.05, 0) is 24.3 Å². The number of hydrogen-bond donors (Lipinski definition) is 1. The van der Waals surface area contributed by atoms with Crippen LogP contribution < -0.4 is 10.2 Å². The molecule has 2 aromatic rings. The van der Waals surface area contributed by atoms with Crippen LogP contribution in [0.3, 0.4) is 0 Å². The van der Waals surface area contributed by atoms with Crippen LogP contribution in [-0.4, -0.2) is 18.4 Å². The molecule has 0 unspecified atom stereocenters. The average molecular weight is 383 g/mol. The number of rotatable bonds is 3. The molecule has 2 aromatic carbocycles. The third kappa shape index (κ3) is 3.67. The zero-order valence-electron chi connectivity index (χ0n) is 13.4. The van der Waals surface area contributed by atoms with Gasteiger partial charge in [0.05, 0.1) is 27.9 Å². The number of carbonyl (C=O) groups is 2. The molecule has 1 atom stereocenters. The average Bonchev–Trinajstić information content (AvgIpc) is 2.97. The highest BCUT2D eigenvalue weighted by Gasteiger charge is 2.38. The fourth-order valence-electron chi connectivity index (χ4n) is 2.86. The Labute approximate surface area is 152 Å². The Kier molecular flexibility index (Phi) is 4.91. The minimum Gasteiger partial charge on any atom is -0.325 e. The minimum atomic E-state index is -4.58. The van der Waals surface area contributed by atoms with Crippen molar-refractivity contribution in [3.05, 3.63) is 59.1 Å². The SMILES string of the molecule is O=C(Nc1ccccc1C(F)(F)F)[C@H]1CC(=O)N(c2ccccc2Cl)C1. The van der Waals surface area contributed by atoms with Crippen LogP contribution in [0.4, 0.5) is 24.5 Å². The van der Waals surface area contributed by atoms with Crippen molar-refractivity contribution in [3.8, 4) is 0 Å². The topological polar surface area (TPSA) is 49.4 Å². The Morgan fingerprint density at radius 3 is 2.46 bits per heavy atom. The quantitative estimate of drug-likeness (QED) is 0.858. The van der Waals surface area contributed by atoms with Crippen LogP contribution in [0.15, 0.2) is 48.5 Å². The van der Waals surface area contributed by atoms with Gasteiger partial charge < -0.3 is 10.2 Å². The molecule has 1 aliphatic heterocycles. The largest absolute Gasteiger partial charge is 0.418 e. The second kappa shape index (κ2) is 6.99. The standard InChI is InChI=1S/C18H14ClF3N2O2/c19-13-6-2-4-8-15(13)24-10-11(9-16(24)25)17(26)23-14-7-3-1-5-12(14)18(20,21)22/h1-8,11H,9-10H2,(H,23,26)/t11-/m0/s1. The fourth-order valence-corrected chi connectivity index (χ4v) is 3.10. The number of halogens is 4. The van der Waals surface area contributed by atoms with Gasteiger partial charge in [-0.3, -0.25) is 9.59 Å². The highest BCUT2D eigenvalue weighted by atomic mass is 35.5. The maximum Gasteiger partial charge on any atom is 0.418 e. The number of carbonyl (C=O) groups excluding carboxylic acids is 2. The molecule has 3 rings (SSSR count). The lowest BCUT2D eigenvalue weighted by atomic mass is 10.1. The van der Waals surface area contributed by atoms with E-state index in [2.05, 4.69) is 5.32 Å². The normalized spacial score (nSPS) is 17.5. The van der Waals surface area contributed by atoms with Crippen LogP contribution in [0.1, 0.15) is 12.0 Å². The first-order chi connectivity index (χ1) is 12.3. The molecule has 8 heteroatoms. The summed E-state index contributed by atoms with van der Waals surface area (Å²) in [6, 6.07) is 11.4. The summed E-state index contributed by atoms with van der Waals surface area (Å²) in [5.74, 6) is -1.70. The summed E-state index contributed by atoms with van der Waals surface area (Å²) in [6.45, 7) is 0.0581. The number of nitrogens with zero attached hydrogens (tertiary/aromatic N) is 1. The van der Waals surface area contributed by atoms with Crippen molar-refractivity contribution < 1.29 is 22.8 Å². The van der Waals surface area contributed by atoms with Gasteiger partial charge >= 0.3 is 6.18 Å². The zero-order chi connectivity index (χ0) is 18.9. The molecule has 0 aliphatic carbocycles. The third-order valence-corrected chi connectivity index (χ3v) is 4.45. The summed E-state index contributed by atoms with van der Waals surface area (Å²) >= 11 is 6.08. The number of benzene rings is 2. The lowest BCUT2D eigenvalue weighted by molar-refractivity contribution is -0.137. The summed E-state index contributed by atoms with van der Waals surface area (Å²) in [5.41, 5.74) is -0.778. The minimum absolute atomic E-state index is 0.0581. The fraction of sp³-hybridized carbons (Fsp3) is 0.222. The van der Waals surface area contributed by atoms with E-state index in [9.17, 15) is 22.8 Å². The number of amides is 2. The van der Waals surface area contributed by atoms with Crippen molar-refractivity contribution in [1.82, 2.24) is 0 Å². The van der Waals surface area contributed by atoms with Gasteiger partial charge in [0, 0.05) is 13.0 Å². The van der Waals surface area contributed by atoms with Gasteiger partial charge in [-0.25, -0.2) is 0 Å². The van der Waals surface area contributed by atoms with E-state index < -0.39 is 23.6 Å². The van der Waals surface area contributed by atoms with E-state index in [0.29, 0.717) is 10.7 Å². The highest BCUT2D eigenvalue weighted by molar-refractivity contribution is 6.33. The molecule has 1 saturated heterocycles. The van der Waals surface area contributed by atoms with Crippen molar-refractivity contribution in [1.29, 1.82) is 0 Å². The van der Waals surface area contributed by atoms with Crippen molar-refractivity contribution in [2.75, 3.05) is 16.8 Å². The van der Waals surface area contributed by atoms with Gasteiger partial charge in [0.15, 0.2) is 0 Å². The van der Waals surface area contributed by atoms with Crippen LogP contribution >= 0.6 is 11.6 Å². The summed E-state index contributed by atoms with van der Waals surface area (Å²) in [6.07, 6.45) is -4.68. The second-order valence-electron chi connectivity index (χ2n) is 5.89. The number of nitrogens with one attached hydrogen (secondary N) is 1. The number of para-hydroxylation sites is 2. The summed E-state index contributed by atoms with van der Waals surface area (Å²) in [4.78, 5) is 26.0. The first kappa shape index (κ1) is 18.3. The molecule has 0 spiro atoms. The van der Waals surface area contributed by atoms with Gasteiger partial charge in [0.25, 0.3) is 0 Å². The van der Waals surface area contributed by atoms with Crippen molar-refractivity contribution in [2.24, 2.45) is 5.92 Å². The Morgan fingerprint density at radius 2 is 1.77 bits per heavy atom. The maximum absolute atomic E-state index is 13.0. The van der Waals surface area contributed by atoms with Gasteiger partial charge in [0.2, 0.25) is 11.8 Å². The Bertz CT molecular complexity index is 854. The summed E-state index contributed by atoms with van der Waals surface area (Å²) < 4.78 is 39.1. The molecule has 1 heterocycles. The van der Waals surface area contributed by atoms with E-state index in [0.717, 1.165) is 6.07 Å². The molecule has 1 fully saturated rings. The first-order valence-electron chi connectivity index (χ1n) is 7.79. The van der Waals surface area contributed by atoms with E-state index in [4.69, 9.17) is 11.6 Å². The second-order valence-corrected chi connectivity index (χ2v) is 6.30. The molecule has 2 amide bonds. The smallest absolute Gasteiger partial charge is 0.325 e. The molecular weight excluding hydrogens is 369 g/mol. The maximum atomic E-state index is 13.0. The lowest BCUT2D eigenvalue weighted by Crippen LogP contribution is -2.28. The Hall–Kier alpha value is -2.54. The van der Waals surface area contributed by atoms with E-state index in [-0.39, 0.29) is 24.6 Å². The van der Waals surface area contributed by atoms with Crippen LogP contribution in [-0.2, 0) is 15.8 Å². The van der Waals surface area contributed by atoms with Crippen molar-refractivity contribution in [3.63, 3.8) is 0 Å². The Balaban J connectivity index is 1.77. The Morgan fingerprint density at radius 1 is 1.12 bits per heavy atom.